The summed E-state index contributed by atoms with van der Waals surface area (Å²) in [5.74, 6) is -0.675. The van der Waals surface area contributed by atoms with Gasteiger partial charge in [-0.2, -0.15) is 0 Å². The van der Waals surface area contributed by atoms with Crippen molar-refractivity contribution in [3.05, 3.63) is 131 Å². The van der Waals surface area contributed by atoms with Gasteiger partial charge in [0, 0.05) is 24.3 Å². The quantitative estimate of drug-likeness (QED) is 0.198. The minimum Gasteiger partial charge on any atom is -0.465 e. The molecule has 0 radical (unpaired) electrons. The number of hydrogen-bond acceptors (Lipinski definition) is 5. The molecule has 1 heterocycles. The number of nitrogens with one attached hydrogen (secondary N) is 2. The number of amides is 1. The molecule has 0 spiro atoms. The maximum atomic E-state index is 13.2. The van der Waals surface area contributed by atoms with E-state index in [-0.39, 0.29) is 5.91 Å². The Balaban J connectivity index is 1.42. The number of carbonyl (C=O) groups is 2. The van der Waals surface area contributed by atoms with Crippen LogP contribution in [0.3, 0.4) is 0 Å². The summed E-state index contributed by atoms with van der Waals surface area (Å²) < 4.78 is 4.84. The second-order valence-electron chi connectivity index (χ2n) is 9.43. The first-order chi connectivity index (χ1) is 19.1. The summed E-state index contributed by atoms with van der Waals surface area (Å²) in [6, 6.07) is 33.7. The van der Waals surface area contributed by atoms with Gasteiger partial charge in [-0.1, -0.05) is 85.8 Å². The summed E-state index contributed by atoms with van der Waals surface area (Å²) in [5, 5.41) is 6.41. The lowest BCUT2D eigenvalue weighted by Gasteiger charge is -2.21. The SMILES string of the molecule is CCN(Cc1ccccc1)Cc1ccc(NC(=C2C(=O)Nc3cc(C(=O)OC)ccc32)c2ccccc2)cc1. The van der Waals surface area contributed by atoms with Crippen molar-refractivity contribution in [3.8, 4) is 0 Å². The number of nitrogens with zero attached hydrogens (tertiary/aromatic N) is 1. The second kappa shape index (κ2) is 11.8. The normalized spacial score (nSPS) is 13.6. The van der Waals surface area contributed by atoms with E-state index >= 15 is 0 Å². The summed E-state index contributed by atoms with van der Waals surface area (Å²) in [5.41, 5.74) is 7.20. The fourth-order valence-electron chi connectivity index (χ4n) is 4.77. The molecular formula is C33H31N3O3. The molecule has 6 nitrogen and oxygen atoms in total. The lowest BCUT2D eigenvalue weighted by Crippen LogP contribution is -2.22. The number of fused-ring (bicyclic) bond motifs is 1. The topological polar surface area (TPSA) is 70.7 Å². The van der Waals surface area contributed by atoms with Crippen molar-refractivity contribution in [3.63, 3.8) is 0 Å². The first-order valence-corrected chi connectivity index (χ1v) is 13.0. The van der Waals surface area contributed by atoms with Crippen molar-refractivity contribution < 1.29 is 14.3 Å². The van der Waals surface area contributed by atoms with E-state index in [1.807, 2.05) is 48.5 Å². The summed E-state index contributed by atoms with van der Waals surface area (Å²) in [7, 11) is 1.34. The number of anilines is 2. The summed E-state index contributed by atoms with van der Waals surface area (Å²) >= 11 is 0. The van der Waals surface area contributed by atoms with E-state index in [1.54, 1.807) is 18.2 Å². The third-order valence-electron chi connectivity index (χ3n) is 6.82. The molecule has 0 unspecified atom stereocenters. The van der Waals surface area contributed by atoms with E-state index in [4.69, 9.17) is 4.74 Å². The van der Waals surface area contributed by atoms with E-state index in [2.05, 4.69) is 58.9 Å². The van der Waals surface area contributed by atoms with Gasteiger partial charge in [0.1, 0.15) is 0 Å². The fraction of sp³-hybridized carbons (Fsp3) is 0.152. The Morgan fingerprint density at radius 2 is 1.46 bits per heavy atom. The van der Waals surface area contributed by atoms with E-state index in [1.165, 1.54) is 18.2 Å². The van der Waals surface area contributed by atoms with Gasteiger partial charge in [0.25, 0.3) is 5.91 Å². The van der Waals surface area contributed by atoms with Crippen LogP contribution in [0.1, 0.15) is 39.5 Å². The Bertz CT molecular complexity index is 1500. The Hall–Kier alpha value is -4.68. The maximum Gasteiger partial charge on any atom is 0.337 e. The van der Waals surface area contributed by atoms with Crippen molar-refractivity contribution in [2.24, 2.45) is 0 Å². The van der Waals surface area contributed by atoms with Gasteiger partial charge in [0.05, 0.1) is 29.6 Å². The Labute approximate surface area is 228 Å². The van der Waals surface area contributed by atoms with E-state index < -0.39 is 5.97 Å². The van der Waals surface area contributed by atoms with Gasteiger partial charge < -0.3 is 15.4 Å². The minimum atomic E-state index is -0.448. The maximum absolute atomic E-state index is 13.2. The van der Waals surface area contributed by atoms with Gasteiger partial charge in [-0.3, -0.25) is 9.69 Å². The van der Waals surface area contributed by atoms with Crippen molar-refractivity contribution in [1.29, 1.82) is 0 Å². The highest BCUT2D eigenvalue weighted by atomic mass is 16.5. The first-order valence-electron chi connectivity index (χ1n) is 13.0. The number of methoxy groups -OCH3 is 1. The van der Waals surface area contributed by atoms with Gasteiger partial charge in [-0.05, 0) is 47.5 Å². The van der Waals surface area contributed by atoms with Crippen LogP contribution in [0.25, 0.3) is 11.3 Å². The molecule has 0 fully saturated rings. The third-order valence-corrected chi connectivity index (χ3v) is 6.82. The second-order valence-corrected chi connectivity index (χ2v) is 9.43. The predicted octanol–water partition coefficient (Wildman–Crippen LogP) is 6.43. The molecule has 1 aliphatic rings. The van der Waals surface area contributed by atoms with Gasteiger partial charge in [-0.25, -0.2) is 4.79 Å². The average molecular weight is 518 g/mol. The van der Waals surface area contributed by atoms with Crippen LogP contribution in [0, 0.1) is 0 Å². The highest BCUT2D eigenvalue weighted by Crippen LogP contribution is 2.38. The molecule has 39 heavy (non-hydrogen) atoms. The fourth-order valence-corrected chi connectivity index (χ4v) is 4.77. The number of carbonyl (C=O) groups excluding carboxylic acids is 2. The van der Waals surface area contributed by atoms with Crippen LogP contribution in [-0.2, 0) is 22.6 Å². The zero-order valence-corrected chi connectivity index (χ0v) is 22.1. The Morgan fingerprint density at radius 3 is 2.10 bits per heavy atom. The largest absolute Gasteiger partial charge is 0.465 e. The molecule has 0 saturated carbocycles. The molecule has 1 aliphatic heterocycles. The van der Waals surface area contributed by atoms with Crippen molar-refractivity contribution in [2.45, 2.75) is 20.0 Å². The number of esters is 1. The Kier molecular flexibility index (Phi) is 7.85. The molecule has 0 bridgehead atoms. The van der Waals surface area contributed by atoms with Crippen molar-refractivity contribution in [1.82, 2.24) is 4.90 Å². The zero-order valence-electron chi connectivity index (χ0n) is 22.1. The molecule has 5 rings (SSSR count). The lowest BCUT2D eigenvalue weighted by molar-refractivity contribution is -0.110. The van der Waals surface area contributed by atoms with E-state index in [0.717, 1.165) is 36.4 Å². The summed E-state index contributed by atoms with van der Waals surface area (Å²) in [6.07, 6.45) is 0. The molecule has 0 aliphatic carbocycles. The zero-order chi connectivity index (χ0) is 27.2. The van der Waals surface area contributed by atoms with Gasteiger partial charge in [0.2, 0.25) is 0 Å². The molecule has 6 heteroatoms. The molecule has 0 saturated heterocycles. The predicted molar refractivity (Wildman–Crippen MR) is 156 cm³/mol. The number of hydrogen-bond donors (Lipinski definition) is 2. The molecule has 4 aromatic rings. The molecule has 0 atom stereocenters. The van der Waals surface area contributed by atoms with E-state index in [9.17, 15) is 9.59 Å². The Morgan fingerprint density at radius 1 is 0.821 bits per heavy atom. The van der Waals surface area contributed by atoms with Crippen LogP contribution in [0.2, 0.25) is 0 Å². The minimum absolute atomic E-state index is 0.227. The van der Waals surface area contributed by atoms with Crippen molar-refractivity contribution >= 4 is 34.5 Å². The van der Waals surface area contributed by atoms with Crippen LogP contribution < -0.4 is 10.6 Å². The molecule has 0 aromatic heterocycles. The van der Waals surface area contributed by atoms with Crippen LogP contribution in [-0.4, -0.2) is 30.4 Å². The molecule has 1 amide bonds. The molecule has 4 aromatic carbocycles. The van der Waals surface area contributed by atoms with Crippen LogP contribution in [0.15, 0.2) is 103 Å². The molecule has 2 N–H and O–H groups in total. The summed E-state index contributed by atoms with van der Waals surface area (Å²) in [4.78, 5) is 27.6. The molecule has 196 valence electrons. The highest BCUT2D eigenvalue weighted by Gasteiger charge is 2.29. The highest BCUT2D eigenvalue weighted by molar-refractivity contribution is 6.37. The van der Waals surface area contributed by atoms with Gasteiger partial charge in [-0.15, -0.1) is 0 Å². The number of rotatable bonds is 9. The van der Waals surface area contributed by atoms with E-state index in [0.29, 0.717) is 22.5 Å². The summed E-state index contributed by atoms with van der Waals surface area (Å²) in [6.45, 7) is 4.87. The van der Waals surface area contributed by atoms with Crippen molar-refractivity contribution in [2.75, 3.05) is 24.3 Å². The number of benzene rings is 4. The van der Waals surface area contributed by atoms with Gasteiger partial charge >= 0.3 is 5.97 Å². The average Bonchev–Trinajstić information content (AvgIpc) is 3.31. The lowest BCUT2D eigenvalue weighted by atomic mass is 9.99. The smallest absolute Gasteiger partial charge is 0.337 e. The first kappa shape index (κ1) is 25.9. The van der Waals surface area contributed by atoms with Crippen LogP contribution >= 0.6 is 0 Å². The third kappa shape index (κ3) is 5.92. The van der Waals surface area contributed by atoms with Crippen LogP contribution in [0.4, 0.5) is 11.4 Å². The van der Waals surface area contributed by atoms with Crippen LogP contribution in [0.5, 0.6) is 0 Å². The van der Waals surface area contributed by atoms with Gasteiger partial charge in [0.15, 0.2) is 0 Å². The molecular weight excluding hydrogens is 486 g/mol. The monoisotopic (exact) mass is 517 g/mol. The standard InChI is InChI=1S/C33H31N3O3/c1-3-36(21-23-10-6-4-7-11-23)22-24-14-17-27(18-15-24)34-31(25-12-8-5-9-13-25)30-28-19-16-26(33(38)39-2)20-29(28)35-32(30)37/h4-20,34H,3,21-22H2,1-2H3,(H,35,37). The number of ether oxygens (including phenoxy) is 1.